The molecular weight excluding hydrogens is 304 g/mol. The normalized spacial score (nSPS) is 26.6. The summed E-state index contributed by atoms with van der Waals surface area (Å²) in [6, 6.07) is 0.474. The van der Waals surface area contributed by atoms with Crippen molar-refractivity contribution in [2.24, 2.45) is 11.8 Å². The largest absolute Gasteiger partial charge is 0.358 e. The molecule has 2 saturated carbocycles. The van der Waals surface area contributed by atoms with E-state index in [0.29, 0.717) is 11.2 Å². The number of hydrogen-bond donors (Lipinski definition) is 3. The highest BCUT2D eigenvalue weighted by molar-refractivity contribution is 7.80. The first-order valence-electron chi connectivity index (χ1n) is 7.36. The van der Waals surface area contributed by atoms with Crippen LogP contribution in [0.15, 0.2) is 5.38 Å². The molecule has 3 atom stereocenters. The van der Waals surface area contributed by atoms with E-state index in [1.165, 1.54) is 25.7 Å². The van der Waals surface area contributed by atoms with E-state index < -0.39 is 0 Å². The van der Waals surface area contributed by atoms with Crippen molar-refractivity contribution in [1.82, 2.24) is 21.2 Å². The molecule has 0 aliphatic heterocycles. The predicted molar refractivity (Wildman–Crippen MR) is 86.8 cm³/mol. The first kappa shape index (κ1) is 14.7. The third kappa shape index (κ3) is 3.71. The highest BCUT2D eigenvalue weighted by Gasteiger charge is 2.39. The van der Waals surface area contributed by atoms with Gasteiger partial charge in [0.1, 0.15) is 0 Å². The summed E-state index contributed by atoms with van der Waals surface area (Å²) in [5, 5.41) is 6.71. The maximum Gasteiger partial charge on any atom is 0.244 e. The zero-order valence-corrected chi connectivity index (χ0v) is 13.6. The van der Waals surface area contributed by atoms with Gasteiger partial charge in [-0.2, -0.15) is 0 Å². The van der Waals surface area contributed by atoms with E-state index in [4.69, 9.17) is 12.2 Å². The Morgan fingerprint density at radius 2 is 2.29 bits per heavy atom. The van der Waals surface area contributed by atoms with Crippen molar-refractivity contribution in [3.63, 3.8) is 0 Å². The zero-order valence-electron chi connectivity index (χ0n) is 12.0. The molecule has 3 N–H and O–H groups in total. The van der Waals surface area contributed by atoms with E-state index in [1.807, 2.05) is 12.3 Å². The molecule has 1 aromatic rings. The molecule has 7 heteroatoms. The fraction of sp³-hybridized carbons (Fsp3) is 0.643. The van der Waals surface area contributed by atoms with Gasteiger partial charge in [0.25, 0.3) is 0 Å². The Kier molecular flexibility index (Phi) is 4.40. The number of rotatable bonds is 3. The number of aromatic nitrogens is 1. The highest BCUT2D eigenvalue weighted by atomic mass is 32.1. The molecule has 2 fully saturated rings. The Balaban J connectivity index is 1.38. The second-order valence-electron chi connectivity index (χ2n) is 5.96. The summed E-state index contributed by atoms with van der Waals surface area (Å²) in [6.45, 7) is 1.93. The molecule has 1 aromatic heterocycles. The number of hydrogen-bond acceptors (Lipinski definition) is 4. The summed E-state index contributed by atoms with van der Waals surface area (Å²) in [5.74, 6) is 1.50. The van der Waals surface area contributed by atoms with Gasteiger partial charge >= 0.3 is 0 Å². The molecule has 3 rings (SSSR count). The second kappa shape index (κ2) is 6.27. The van der Waals surface area contributed by atoms with Crippen LogP contribution in [0.3, 0.4) is 0 Å². The van der Waals surface area contributed by atoms with Crippen LogP contribution in [0.2, 0.25) is 0 Å². The Morgan fingerprint density at radius 3 is 2.90 bits per heavy atom. The fourth-order valence-corrected chi connectivity index (χ4v) is 4.27. The van der Waals surface area contributed by atoms with Gasteiger partial charge in [-0.05, 0) is 50.2 Å². The van der Waals surface area contributed by atoms with E-state index in [1.54, 1.807) is 11.3 Å². The molecule has 2 aliphatic carbocycles. The third-order valence-corrected chi connectivity index (χ3v) is 5.42. The lowest BCUT2D eigenvalue weighted by molar-refractivity contribution is -0.121. The van der Waals surface area contributed by atoms with Gasteiger partial charge in [0.05, 0.1) is 17.1 Å². The number of hydrazine groups is 1. The first-order chi connectivity index (χ1) is 10.1. The van der Waals surface area contributed by atoms with Gasteiger partial charge in [-0.15, -0.1) is 11.3 Å². The lowest BCUT2D eigenvalue weighted by Gasteiger charge is -2.24. The number of aryl methyl sites for hydroxylation is 1. The molecule has 0 saturated heterocycles. The third-order valence-electron chi connectivity index (χ3n) is 4.38. The average Bonchev–Trinajstić information content (AvgIpc) is 3.14. The molecule has 0 unspecified atom stereocenters. The molecule has 0 aromatic carbocycles. The monoisotopic (exact) mass is 324 g/mol. The number of fused-ring (bicyclic) bond motifs is 2. The standard InChI is InChI=1S/C14H20N4OS2/c1-8-15-11(7-21-8)6-13(19)17-18-14(20)16-12-5-9-2-3-10(12)4-9/h7,9-10,12H,2-6H2,1H3,(H,17,19)(H2,16,18,20)/t9-,10-,12-/m0/s1. The van der Waals surface area contributed by atoms with Gasteiger partial charge < -0.3 is 5.32 Å². The Bertz CT molecular complexity index is 545. The molecule has 0 spiro atoms. The smallest absolute Gasteiger partial charge is 0.244 e. The van der Waals surface area contributed by atoms with Crippen LogP contribution in [0, 0.1) is 18.8 Å². The number of nitrogens with zero attached hydrogens (tertiary/aromatic N) is 1. The van der Waals surface area contributed by atoms with Crippen molar-refractivity contribution in [3.05, 3.63) is 16.1 Å². The van der Waals surface area contributed by atoms with Crippen LogP contribution in [0.1, 0.15) is 36.4 Å². The maximum atomic E-state index is 11.8. The van der Waals surface area contributed by atoms with E-state index >= 15 is 0 Å². The molecular formula is C14H20N4OS2. The molecule has 1 heterocycles. The number of carbonyl (C=O) groups excluding carboxylic acids is 1. The Hall–Kier alpha value is -1.21. The van der Waals surface area contributed by atoms with Gasteiger partial charge in [0, 0.05) is 11.4 Å². The minimum Gasteiger partial charge on any atom is -0.358 e. The number of carbonyl (C=O) groups is 1. The van der Waals surface area contributed by atoms with Gasteiger partial charge in [-0.25, -0.2) is 4.98 Å². The SMILES string of the molecule is Cc1nc(CC(=O)NNC(=S)N[C@H]2C[C@H]3CC[C@H]2C3)cs1. The topological polar surface area (TPSA) is 66.0 Å². The summed E-state index contributed by atoms with van der Waals surface area (Å²) >= 11 is 6.79. The van der Waals surface area contributed by atoms with Crippen LogP contribution >= 0.6 is 23.6 Å². The summed E-state index contributed by atoms with van der Waals surface area (Å²) in [6.07, 6.45) is 5.48. The van der Waals surface area contributed by atoms with Crippen molar-refractivity contribution >= 4 is 34.6 Å². The van der Waals surface area contributed by atoms with E-state index in [9.17, 15) is 4.79 Å². The van der Waals surface area contributed by atoms with Gasteiger partial charge in [-0.1, -0.05) is 6.42 Å². The van der Waals surface area contributed by atoms with Crippen LogP contribution < -0.4 is 16.2 Å². The van der Waals surface area contributed by atoms with Gasteiger partial charge in [-0.3, -0.25) is 15.6 Å². The number of nitrogens with one attached hydrogen (secondary N) is 3. The van der Waals surface area contributed by atoms with E-state index in [2.05, 4.69) is 21.2 Å². The van der Waals surface area contributed by atoms with Crippen LogP contribution in [-0.2, 0) is 11.2 Å². The summed E-state index contributed by atoms with van der Waals surface area (Å²) in [7, 11) is 0. The Labute approximate surface area is 133 Å². The second-order valence-corrected chi connectivity index (χ2v) is 7.43. The van der Waals surface area contributed by atoms with Crippen LogP contribution in [0.4, 0.5) is 0 Å². The molecule has 114 valence electrons. The average molecular weight is 324 g/mol. The molecule has 1 amide bonds. The summed E-state index contributed by atoms with van der Waals surface area (Å²) in [4.78, 5) is 16.1. The minimum absolute atomic E-state index is 0.127. The van der Waals surface area contributed by atoms with Crippen LogP contribution in [-0.4, -0.2) is 22.0 Å². The quantitative estimate of drug-likeness (QED) is 0.583. The summed E-state index contributed by atoms with van der Waals surface area (Å²) in [5.41, 5.74) is 6.22. The fourth-order valence-electron chi connectivity index (χ4n) is 3.45. The van der Waals surface area contributed by atoms with Crippen molar-refractivity contribution in [2.75, 3.05) is 0 Å². The molecule has 2 aliphatic rings. The predicted octanol–water partition coefficient (Wildman–Crippen LogP) is 1.68. The molecule has 5 nitrogen and oxygen atoms in total. The van der Waals surface area contributed by atoms with Crippen LogP contribution in [0.5, 0.6) is 0 Å². The van der Waals surface area contributed by atoms with Crippen LogP contribution in [0.25, 0.3) is 0 Å². The van der Waals surface area contributed by atoms with Crippen molar-refractivity contribution < 1.29 is 4.79 Å². The van der Waals surface area contributed by atoms with E-state index in [0.717, 1.165) is 22.5 Å². The van der Waals surface area contributed by atoms with E-state index in [-0.39, 0.29) is 12.3 Å². The molecule has 2 bridgehead atoms. The molecule has 0 radical (unpaired) electrons. The van der Waals surface area contributed by atoms with Gasteiger partial charge in [0.15, 0.2) is 5.11 Å². The highest BCUT2D eigenvalue weighted by Crippen LogP contribution is 2.44. The zero-order chi connectivity index (χ0) is 14.8. The minimum atomic E-state index is -0.127. The van der Waals surface area contributed by atoms with Crippen molar-refractivity contribution in [2.45, 2.75) is 45.1 Å². The number of thiocarbonyl (C=S) groups is 1. The summed E-state index contributed by atoms with van der Waals surface area (Å²) < 4.78 is 0. The molecule has 21 heavy (non-hydrogen) atoms. The van der Waals surface area contributed by atoms with Gasteiger partial charge in [0.2, 0.25) is 5.91 Å². The number of amides is 1. The first-order valence-corrected chi connectivity index (χ1v) is 8.65. The lowest BCUT2D eigenvalue weighted by Crippen LogP contribution is -2.51. The van der Waals surface area contributed by atoms with Crippen molar-refractivity contribution in [3.8, 4) is 0 Å². The number of thiazole rings is 1. The van der Waals surface area contributed by atoms with Crippen molar-refractivity contribution in [1.29, 1.82) is 0 Å². The maximum absolute atomic E-state index is 11.8. The lowest BCUT2D eigenvalue weighted by atomic mass is 9.96. The Morgan fingerprint density at radius 1 is 1.43 bits per heavy atom.